The molecule has 0 amide bonds. The predicted molar refractivity (Wildman–Crippen MR) is 123 cm³/mol. The molecule has 8 nitrogen and oxygen atoms in total. The van der Waals surface area contributed by atoms with Crippen molar-refractivity contribution in [1.29, 1.82) is 0 Å². The summed E-state index contributed by atoms with van der Waals surface area (Å²) >= 11 is 0. The summed E-state index contributed by atoms with van der Waals surface area (Å²) in [6.07, 6.45) is 4.47. The van der Waals surface area contributed by atoms with E-state index >= 15 is 0 Å². The number of halogens is 2. The van der Waals surface area contributed by atoms with Crippen molar-refractivity contribution in [3.63, 3.8) is 0 Å². The van der Waals surface area contributed by atoms with Crippen LogP contribution in [0.4, 0.5) is 14.5 Å². The van der Waals surface area contributed by atoms with Gasteiger partial charge in [-0.3, -0.25) is 5.01 Å². The molecule has 0 bridgehead atoms. The average Bonchev–Trinajstić information content (AvgIpc) is 3.35. The number of nitrogens with one attached hydrogen (secondary N) is 1. The van der Waals surface area contributed by atoms with Gasteiger partial charge in [-0.1, -0.05) is 18.2 Å². The van der Waals surface area contributed by atoms with Gasteiger partial charge in [0.2, 0.25) is 10.0 Å². The lowest BCUT2D eigenvalue weighted by molar-refractivity contribution is 0.0538. The van der Waals surface area contributed by atoms with Crippen LogP contribution in [0.25, 0.3) is 0 Å². The molecule has 178 valence electrons. The smallest absolute Gasteiger partial charge is 0.333 e. The van der Waals surface area contributed by atoms with Gasteiger partial charge < -0.3 is 4.90 Å². The molecule has 1 fully saturated rings. The molecule has 0 radical (unpaired) electrons. The normalized spacial score (nSPS) is 19.0. The minimum Gasteiger partial charge on any atom is -0.369 e. The first kappa shape index (κ1) is 23.4. The molecule has 0 spiro atoms. The molecule has 1 unspecified atom stereocenters. The van der Waals surface area contributed by atoms with E-state index in [-0.39, 0.29) is 22.3 Å². The molecule has 1 aromatic heterocycles. The quantitative estimate of drug-likeness (QED) is 0.687. The number of sulfonamides is 1. The maximum absolute atomic E-state index is 13.1. The SMILES string of the molecule is C/C=C(\C)N1Cc2cccc(N3CCC(NS(=O)(=O)c4c(C)nn(C(F)F)c4C)C3)c2C=N1. The number of aryl methyl sites for hydroxylation is 1. The highest BCUT2D eigenvalue weighted by Gasteiger charge is 2.33. The second kappa shape index (κ2) is 8.86. The number of nitrogens with zero attached hydrogens (tertiary/aromatic N) is 5. The molecule has 3 heterocycles. The second-order valence-electron chi connectivity index (χ2n) is 8.36. The van der Waals surface area contributed by atoms with Crippen LogP contribution in [-0.2, 0) is 16.6 Å². The zero-order valence-corrected chi connectivity index (χ0v) is 19.9. The molecule has 2 aromatic rings. The molecular weight excluding hydrogens is 450 g/mol. The summed E-state index contributed by atoms with van der Waals surface area (Å²) in [6, 6.07) is 5.74. The molecule has 11 heteroatoms. The number of benzene rings is 1. The second-order valence-corrected chi connectivity index (χ2v) is 10.0. The summed E-state index contributed by atoms with van der Waals surface area (Å²) in [5.74, 6) is 0. The van der Waals surface area contributed by atoms with Crippen molar-refractivity contribution in [2.24, 2.45) is 5.10 Å². The molecule has 2 aliphatic heterocycles. The highest BCUT2D eigenvalue weighted by Crippen LogP contribution is 2.31. The van der Waals surface area contributed by atoms with E-state index in [9.17, 15) is 17.2 Å². The Balaban J connectivity index is 1.52. The van der Waals surface area contributed by atoms with Gasteiger partial charge in [0.05, 0.1) is 24.1 Å². The van der Waals surface area contributed by atoms with Crippen LogP contribution in [0, 0.1) is 13.8 Å². The third kappa shape index (κ3) is 4.39. The summed E-state index contributed by atoms with van der Waals surface area (Å²) in [7, 11) is -3.99. The number of hydrazone groups is 1. The number of anilines is 1. The van der Waals surface area contributed by atoms with Gasteiger partial charge in [0.15, 0.2) is 0 Å². The topological polar surface area (TPSA) is 82.8 Å². The molecule has 1 N–H and O–H groups in total. The summed E-state index contributed by atoms with van der Waals surface area (Å²) in [6.45, 7) is 5.68. The molecule has 2 aliphatic rings. The van der Waals surface area contributed by atoms with Crippen molar-refractivity contribution in [3.8, 4) is 0 Å². The molecule has 33 heavy (non-hydrogen) atoms. The zero-order valence-electron chi connectivity index (χ0n) is 19.1. The van der Waals surface area contributed by atoms with Gasteiger partial charge in [-0.15, -0.1) is 0 Å². The number of alkyl halides is 2. The molecule has 1 atom stereocenters. The number of rotatable bonds is 6. The Morgan fingerprint density at radius 3 is 2.73 bits per heavy atom. The van der Waals surface area contributed by atoms with Gasteiger partial charge in [-0.05, 0) is 45.7 Å². The Labute approximate surface area is 192 Å². The summed E-state index contributed by atoms with van der Waals surface area (Å²) < 4.78 is 55.4. The molecule has 0 aliphatic carbocycles. The first-order valence-corrected chi connectivity index (χ1v) is 12.3. The van der Waals surface area contributed by atoms with Crippen LogP contribution in [0.3, 0.4) is 0 Å². The minimum atomic E-state index is -3.99. The van der Waals surface area contributed by atoms with Crippen molar-refractivity contribution < 1.29 is 17.2 Å². The number of allylic oxidation sites excluding steroid dienone is 2. The minimum absolute atomic E-state index is 0.0597. The molecular formula is C22H28F2N6O2S. The van der Waals surface area contributed by atoms with E-state index in [1.54, 1.807) is 0 Å². The van der Waals surface area contributed by atoms with Gasteiger partial charge >= 0.3 is 6.55 Å². The Morgan fingerprint density at radius 2 is 2.06 bits per heavy atom. The van der Waals surface area contributed by atoms with Crippen LogP contribution < -0.4 is 9.62 Å². The lowest BCUT2D eigenvalue weighted by Crippen LogP contribution is -2.37. The highest BCUT2D eigenvalue weighted by atomic mass is 32.2. The maximum atomic E-state index is 13.1. The Kier molecular flexibility index (Phi) is 6.28. The lowest BCUT2D eigenvalue weighted by Gasteiger charge is -2.28. The van der Waals surface area contributed by atoms with Gasteiger partial charge in [0, 0.05) is 36.1 Å². The first-order chi connectivity index (χ1) is 15.6. The largest absolute Gasteiger partial charge is 0.369 e. The molecule has 1 aromatic carbocycles. The summed E-state index contributed by atoms with van der Waals surface area (Å²) in [4.78, 5) is 1.96. The summed E-state index contributed by atoms with van der Waals surface area (Å²) in [5.41, 5.74) is 4.25. The van der Waals surface area contributed by atoms with Gasteiger partial charge in [-0.2, -0.15) is 19.0 Å². The van der Waals surface area contributed by atoms with Gasteiger partial charge in [0.1, 0.15) is 4.90 Å². The number of hydrogen-bond donors (Lipinski definition) is 1. The fourth-order valence-electron chi connectivity index (χ4n) is 4.44. The van der Waals surface area contributed by atoms with E-state index in [4.69, 9.17) is 0 Å². The van der Waals surface area contributed by atoms with Crippen molar-refractivity contribution >= 4 is 21.9 Å². The van der Waals surface area contributed by atoms with Crippen LogP contribution in [0.15, 0.2) is 40.0 Å². The molecule has 1 saturated heterocycles. The monoisotopic (exact) mass is 478 g/mol. The fourth-order valence-corrected chi connectivity index (χ4v) is 6.10. The molecule has 0 saturated carbocycles. The lowest BCUT2D eigenvalue weighted by atomic mass is 10.0. The molecule has 4 rings (SSSR count). The standard InChI is InChI=1S/C22H28F2N6O2S/c1-5-14(2)29-12-17-7-6-8-20(19(17)11-25-29)28-10-9-18(13-28)27-33(31,32)21-15(3)26-30(16(21)4)22(23)24/h5-8,11,18,22,27H,9-10,12-13H2,1-4H3/b14-5+. The Morgan fingerprint density at radius 1 is 1.30 bits per heavy atom. The van der Waals surface area contributed by atoms with Gasteiger partial charge in [-0.25, -0.2) is 17.8 Å². The van der Waals surface area contributed by atoms with Crippen LogP contribution in [0.5, 0.6) is 0 Å². The highest BCUT2D eigenvalue weighted by molar-refractivity contribution is 7.89. The fraction of sp³-hybridized carbons (Fsp3) is 0.455. The van der Waals surface area contributed by atoms with Crippen molar-refractivity contribution in [1.82, 2.24) is 19.5 Å². The third-order valence-electron chi connectivity index (χ3n) is 6.21. The van der Waals surface area contributed by atoms with E-state index in [0.717, 1.165) is 22.5 Å². The van der Waals surface area contributed by atoms with E-state index in [2.05, 4.69) is 25.9 Å². The number of aromatic nitrogens is 2. The van der Waals surface area contributed by atoms with Crippen LogP contribution >= 0.6 is 0 Å². The van der Waals surface area contributed by atoms with E-state index in [0.29, 0.717) is 30.7 Å². The van der Waals surface area contributed by atoms with Crippen molar-refractivity contribution in [2.75, 3.05) is 18.0 Å². The van der Waals surface area contributed by atoms with Crippen LogP contribution in [0.2, 0.25) is 0 Å². The number of fused-ring (bicyclic) bond motifs is 1. The zero-order chi connectivity index (χ0) is 23.9. The average molecular weight is 479 g/mol. The van der Waals surface area contributed by atoms with Crippen LogP contribution in [-0.4, -0.2) is 48.6 Å². The van der Waals surface area contributed by atoms with Crippen molar-refractivity contribution in [2.45, 2.75) is 58.1 Å². The number of hydrogen-bond acceptors (Lipinski definition) is 6. The Hall–Kier alpha value is -2.79. The predicted octanol–water partition coefficient (Wildman–Crippen LogP) is 3.53. The third-order valence-corrected chi connectivity index (χ3v) is 7.98. The van der Waals surface area contributed by atoms with Gasteiger partial charge in [0.25, 0.3) is 0 Å². The van der Waals surface area contributed by atoms with E-state index in [1.165, 1.54) is 13.8 Å². The Bertz CT molecular complexity index is 1220. The maximum Gasteiger partial charge on any atom is 0.333 e. The summed E-state index contributed by atoms with van der Waals surface area (Å²) in [5, 5.41) is 10.2. The first-order valence-electron chi connectivity index (χ1n) is 10.8. The van der Waals surface area contributed by atoms with E-state index in [1.807, 2.05) is 43.3 Å². The van der Waals surface area contributed by atoms with E-state index < -0.39 is 16.6 Å². The van der Waals surface area contributed by atoms with Crippen molar-refractivity contribution in [3.05, 3.63) is 52.5 Å². The van der Waals surface area contributed by atoms with Crippen LogP contribution in [0.1, 0.15) is 49.3 Å².